The molecule has 2 aliphatic heterocycles. The van der Waals surface area contributed by atoms with Crippen molar-refractivity contribution in [3.8, 4) is 5.75 Å². The number of benzene rings is 1. The number of hydrogen-bond acceptors (Lipinski definition) is 5. The summed E-state index contributed by atoms with van der Waals surface area (Å²) in [6.45, 7) is 1.57. The van der Waals surface area contributed by atoms with Crippen molar-refractivity contribution in [1.82, 2.24) is 9.80 Å². The molecule has 2 heterocycles. The minimum atomic E-state index is -0.883. The third-order valence-corrected chi connectivity index (χ3v) is 5.58. The number of fused-ring (bicyclic) bond motifs is 1. The summed E-state index contributed by atoms with van der Waals surface area (Å²) in [5.74, 6) is -1.17. The second-order valence-corrected chi connectivity index (χ2v) is 7.17. The van der Waals surface area contributed by atoms with Crippen LogP contribution in [0.1, 0.15) is 23.2 Å². The van der Waals surface area contributed by atoms with Gasteiger partial charge in [-0.15, -0.1) is 0 Å². The molecule has 0 aromatic heterocycles. The summed E-state index contributed by atoms with van der Waals surface area (Å²) < 4.78 is 23.7. The average molecular weight is 380 g/mol. The molecule has 0 aliphatic carbocycles. The van der Waals surface area contributed by atoms with Crippen LogP contribution in [0, 0.1) is 11.7 Å². The van der Waals surface area contributed by atoms with Crippen molar-refractivity contribution in [3.05, 3.63) is 29.6 Å². The predicted molar refractivity (Wildman–Crippen MR) is 95.0 cm³/mol. The average Bonchev–Trinajstić information content (AvgIpc) is 2.66. The van der Waals surface area contributed by atoms with E-state index in [0.29, 0.717) is 39.0 Å². The Kier molecular flexibility index (Phi) is 5.67. The number of carbonyl (C=O) groups is 2. The number of methoxy groups -OCH3 is 2. The van der Waals surface area contributed by atoms with Crippen LogP contribution in [-0.4, -0.2) is 79.3 Å². The Balaban J connectivity index is 1.71. The fraction of sp³-hybridized carbons (Fsp3) is 0.579. The first-order chi connectivity index (χ1) is 12.9. The number of nitrogens with zero attached hydrogens (tertiary/aromatic N) is 2. The number of ether oxygens (including phenoxy) is 2. The highest BCUT2D eigenvalue weighted by molar-refractivity contribution is 5.94. The van der Waals surface area contributed by atoms with Gasteiger partial charge in [0.05, 0.1) is 12.7 Å². The Bertz CT molecular complexity index is 728. The van der Waals surface area contributed by atoms with Gasteiger partial charge in [0.1, 0.15) is 6.61 Å². The Morgan fingerprint density at radius 2 is 1.89 bits per heavy atom. The number of rotatable bonds is 4. The topological polar surface area (TPSA) is 79.3 Å². The van der Waals surface area contributed by atoms with Gasteiger partial charge in [-0.05, 0) is 31.0 Å². The van der Waals surface area contributed by atoms with Gasteiger partial charge in [-0.1, -0.05) is 0 Å². The molecule has 2 amide bonds. The number of likely N-dealkylation sites (tertiary alicyclic amines) is 2. The maximum atomic E-state index is 13.9. The van der Waals surface area contributed by atoms with E-state index in [1.807, 2.05) is 0 Å². The first-order valence-electron chi connectivity index (χ1n) is 9.00. The Morgan fingerprint density at radius 3 is 2.52 bits per heavy atom. The molecule has 2 saturated heterocycles. The lowest BCUT2D eigenvalue weighted by Crippen LogP contribution is -2.61. The Morgan fingerprint density at radius 1 is 1.22 bits per heavy atom. The van der Waals surface area contributed by atoms with Crippen molar-refractivity contribution < 1.29 is 28.6 Å². The monoisotopic (exact) mass is 380 g/mol. The number of piperidine rings is 2. The summed E-state index contributed by atoms with van der Waals surface area (Å²) in [7, 11) is 2.83. The van der Waals surface area contributed by atoms with Gasteiger partial charge in [-0.2, -0.15) is 0 Å². The van der Waals surface area contributed by atoms with Crippen LogP contribution >= 0.6 is 0 Å². The number of hydrogen-bond donors (Lipinski definition) is 1. The molecule has 7 nitrogen and oxygen atoms in total. The Labute approximate surface area is 157 Å². The fourth-order valence-electron chi connectivity index (χ4n) is 3.91. The van der Waals surface area contributed by atoms with Crippen molar-refractivity contribution in [2.24, 2.45) is 5.92 Å². The van der Waals surface area contributed by atoms with E-state index >= 15 is 0 Å². The predicted octanol–water partition coefficient (Wildman–Crippen LogP) is 0.906. The summed E-state index contributed by atoms with van der Waals surface area (Å²) in [4.78, 5) is 28.2. The van der Waals surface area contributed by atoms with Gasteiger partial charge in [0.15, 0.2) is 11.6 Å². The smallest absolute Gasteiger partial charge is 0.253 e. The lowest BCUT2D eigenvalue weighted by Gasteiger charge is -2.50. The number of amides is 2. The van der Waals surface area contributed by atoms with E-state index in [9.17, 15) is 19.1 Å². The zero-order valence-corrected chi connectivity index (χ0v) is 15.6. The van der Waals surface area contributed by atoms with Crippen LogP contribution in [0.4, 0.5) is 4.39 Å². The SMILES string of the molecule is COCC(=O)N1CC[C@]2(O)CCN(C(=O)c3ccc(OC)c(F)c3)C[C@@H]2C1. The molecular weight excluding hydrogens is 355 g/mol. The van der Waals surface area contributed by atoms with Crippen LogP contribution in [0.5, 0.6) is 5.75 Å². The molecular formula is C19H25FN2O5. The van der Waals surface area contributed by atoms with E-state index in [2.05, 4.69) is 0 Å². The molecule has 1 aromatic carbocycles. The molecule has 27 heavy (non-hydrogen) atoms. The molecule has 148 valence electrons. The maximum absolute atomic E-state index is 13.9. The zero-order chi connectivity index (χ0) is 19.6. The third-order valence-electron chi connectivity index (χ3n) is 5.58. The van der Waals surface area contributed by atoms with Gasteiger partial charge in [0, 0.05) is 44.8 Å². The van der Waals surface area contributed by atoms with E-state index < -0.39 is 11.4 Å². The van der Waals surface area contributed by atoms with Crippen LogP contribution in [0.25, 0.3) is 0 Å². The number of aliphatic hydroxyl groups is 1. The van der Waals surface area contributed by atoms with Gasteiger partial charge in [-0.3, -0.25) is 9.59 Å². The molecule has 8 heteroatoms. The molecule has 0 unspecified atom stereocenters. The quantitative estimate of drug-likeness (QED) is 0.840. The van der Waals surface area contributed by atoms with Gasteiger partial charge >= 0.3 is 0 Å². The van der Waals surface area contributed by atoms with Gasteiger partial charge in [-0.25, -0.2) is 4.39 Å². The summed E-state index contributed by atoms with van der Waals surface area (Å²) in [5.41, 5.74) is -0.645. The van der Waals surface area contributed by atoms with Crippen LogP contribution in [0.15, 0.2) is 18.2 Å². The summed E-state index contributed by atoms with van der Waals surface area (Å²) in [6, 6.07) is 4.12. The van der Waals surface area contributed by atoms with Crippen molar-refractivity contribution in [1.29, 1.82) is 0 Å². The molecule has 0 bridgehead atoms. The van der Waals surface area contributed by atoms with E-state index in [4.69, 9.17) is 9.47 Å². The highest BCUT2D eigenvalue weighted by Crippen LogP contribution is 2.36. The molecule has 2 fully saturated rings. The standard InChI is InChI=1S/C19H25FN2O5/c1-26-12-17(23)21-7-5-19(25)6-8-22(11-14(19)10-21)18(24)13-3-4-16(27-2)15(20)9-13/h3-4,9,14,25H,5-8,10-12H2,1-2H3/t14-,19-/m0/s1. The molecule has 2 atom stereocenters. The molecule has 2 aliphatic rings. The first kappa shape index (κ1) is 19.6. The van der Waals surface area contributed by atoms with Crippen molar-refractivity contribution in [2.45, 2.75) is 18.4 Å². The third kappa shape index (κ3) is 3.91. The lowest BCUT2D eigenvalue weighted by molar-refractivity contribution is -0.148. The lowest BCUT2D eigenvalue weighted by atomic mass is 9.75. The second-order valence-electron chi connectivity index (χ2n) is 7.17. The summed E-state index contributed by atoms with van der Waals surface area (Å²) >= 11 is 0. The van der Waals surface area contributed by atoms with Crippen molar-refractivity contribution in [3.63, 3.8) is 0 Å². The summed E-state index contributed by atoms with van der Waals surface area (Å²) in [5, 5.41) is 10.9. The molecule has 0 spiro atoms. The number of carbonyl (C=O) groups excluding carboxylic acids is 2. The van der Waals surface area contributed by atoms with Gasteiger partial charge < -0.3 is 24.4 Å². The summed E-state index contributed by atoms with van der Waals surface area (Å²) in [6.07, 6.45) is 0.917. The van der Waals surface area contributed by atoms with E-state index in [0.717, 1.165) is 6.07 Å². The second kappa shape index (κ2) is 7.82. The van der Waals surface area contributed by atoms with E-state index in [-0.39, 0.29) is 35.7 Å². The molecule has 0 saturated carbocycles. The fourth-order valence-corrected chi connectivity index (χ4v) is 3.91. The largest absolute Gasteiger partial charge is 0.494 e. The minimum absolute atomic E-state index is 0.00107. The zero-order valence-electron chi connectivity index (χ0n) is 15.6. The minimum Gasteiger partial charge on any atom is -0.494 e. The van der Waals surface area contributed by atoms with Gasteiger partial charge in [0.2, 0.25) is 5.91 Å². The van der Waals surface area contributed by atoms with Crippen molar-refractivity contribution in [2.75, 3.05) is 47.0 Å². The molecule has 1 N–H and O–H groups in total. The van der Waals surface area contributed by atoms with Crippen molar-refractivity contribution >= 4 is 11.8 Å². The van der Waals surface area contributed by atoms with Crippen LogP contribution < -0.4 is 4.74 Å². The van der Waals surface area contributed by atoms with Crippen LogP contribution in [0.3, 0.4) is 0 Å². The molecule has 3 rings (SSSR count). The van der Waals surface area contributed by atoms with Crippen LogP contribution in [0.2, 0.25) is 0 Å². The maximum Gasteiger partial charge on any atom is 0.253 e. The molecule has 1 aromatic rings. The van der Waals surface area contributed by atoms with Crippen LogP contribution in [-0.2, 0) is 9.53 Å². The number of halogens is 1. The van der Waals surface area contributed by atoms with Gasteiger partial charge in [0.25, 0.3) is 5.91 Å². The highest BCUT2D eigenvalue weighted by Gasteiger charge is 2.46. The highest BCUT2D eigenvalue weighted by atomic mass is 19.1. The van der Waals surface area contributed by atoms with E-state index in [1.165, 1.54) is 26.4 Å². The molecule has 0 radical (unpaired) electrons. The Hall–Kier alpha value is -2.19. The van der Waals surface area contributed by atoms with E-state index in [1.54, 1.807) is 9.80 Å². The normalized spacial score (nSPS) is 25.1. The first-order valence-corrected chi connectivity index (χ1v) is 9.00.